The number of nitrogens with one attached hydrogen (secondary N) is 2. The molecular weight excluding hydrogens is 405 g/mol. The van der Waals surface area contributed by atoms with Crippen LogP contribution in [0.4, 0.5) is 27.6 Å². The molecule has 0 spiro atoms. The Morgan fingerprint density at radius 1 is 1.12 bits per heavy atom. The van der Waals surface area contributed by atoms with Crippen LogP contribution in [0.2, 0.25) is 5.15 Å². The number of pyridine rings is 1. The molecule has 26 heavy (non-hydrogen) atoms. The summed E-state index contributed by atoms with van der Waals surface area (Å²) in [5.74, 6) is -3.40. The molecule has 0 amide bonds. The second kappa shape index (κ2) is 6.09. The lowest BCUT2D eigenvalue weighted by Gasteiger charge is -2.12. The topological polar surface area (TPSA) is 74.8 Å². The molecule has 12 heteroatoms. The Balaban J connectivity index is 2.03. The van der Waals surface area contributed by atoms with E-state index in [1.807, 2.05) is 0 Å². The molecular formula is C14H7ClF5N3O2S. The van der Waals surface area contributed by atoms with E-state index in [9.17, 15) is 30.4 Å². The Hall–Kier alpha value is -2.40. The molecule has 0 saturated heterocycles. The summed E-state index contributed by atoms with van der Waals surface area (Å²) in [5.41, 5.74) is -2.69. The van der Waals surface area contributed by atoms with Crippen molar-refractivity contribution in [3.8, 4) is 0 Å². The van der Waals surface area contributed by atoms with Gasteiger partial charge in [0.1, 0.15) is 27.3 Å². The Labute approximate surface area is 147 Å². The van der Waals surface area contributed by atoms with Crippen molar-refractivity contribution in [1.29, 1.82) is 0 Å². The molecule has 0 aliphatic heterocycles. The number of aromatic nitrogens is 2. The third-order valence-electron chi connectivity index (χ3n) is 3.36. The molecule has 0 aliphatic carbocycles. The van der Waals surface area contributed by atoms with Gasteiger partial charge in [0.25, 0.3) is 10.0 Å². The summed E-state index contributed by atoms with van der Waals surface area (Å²) in [6.45, 7) is 0. The van der Waals surface area contributed by atoms with E-state index in [0.29, 0.717) is 0 Å². The minimum absolute atomic E-state index is 0.0899. The molecule has 3 rings (SSSR count). The first-order valence-corrected chi connectivity index (χ1v) is 8.58. The van der Waals surface area contributed by atoms with E-state index in [-0.39, 0.29) is 33.2 Å². The van der Waals surface area contributed by atoms with Gasteiger partial charge in [-0.15, -0.1) is 0 Å². The van der Waals surface area contributed by atoms with Crippen molar-refractivity contribution in [2.45, 2.75) is 11.1 Å². The van der Waals surface area contributed by atoms with Crippen LogP contribution in [0.5, 0.6) is 0 Å². The van der Waals surface area contributed by atoms with E-state index < -0.39 is 39.1 Å². The highest BCUT2D eigenvalue weighted by molar-refractivity contribution is 7.93. The fraction of sp³-hybridized carbons (Fsp3) is 0.0714. The summed E-state index contributed by atoms with van der Waals surface area (Å²) >= 11 is 5.68. The van der Waals surface area contributed by atoms with Gasteiger partial charge in [0, 0.05) is 17.6 Å². The largest absolute Gasteiger partial charge is 0.419 e. The maximum absolute atomic E-state index is 13.9. The van der Waals surface area contributed by atoms with Crippen molar-refractivity contribution in [3.05, 3.63) is 52.8 Å². The Morgan fingerprint density at radius 2 is 1.81 bits per heavy atom. The van der Waals surface area contributed by atoms with Gasteiger partial charge in [-0.3, -0.25) is 4.72 Å². The van der Waals surface area contributed by atoms with E-state index in [1.165, 1.54) is 12.1 Å². The lowest BCUT2D eigenvalue weighted by atomic mass is 10.2. The molecule has 2 heterocycles. The fourth-order valence-electron chi connectivity index (χ4n) is 2.22. The van der Waals surface area contributed by atoms with Gasteiger partial charge in [-0.1, -0.05) is 11.6 Å². The third kappa shape index (κ3) is 3.31. The molecule has 0 unspecified atom stereocenters. The molecule has 0 atom stereocenters. The van der Waals surface area contributed by atoms with Gasteiger partial charge in [-0.05, 0) is 18.2 Å². The zero-order valence-corrected chi connectivity index (χ0v) is 13.9. The summed E-state index contributed by atoms with van der Waals surface area (Å²) in [6.07, 6.45) is -4.08. The van der Waals surface area contributed by atoms with Gasteiger partial charge in [-0.25, -0.2) is 22.2 Å². The Morgan fingerprint density at radius 3 is 2.46 bits per heavy atom. The first kappa shape index (κ1) is 18.4. The second-order valence-electron chi connectivity index (χ2n) is 5.10. The number of hydrogen-bond donors (Lipinski definition) is 2. The van der Waals surface area contributed by atoms with Gasteiger partial charge in [-0.2, -0.15) is 13.2 Å². The standard InChI is InChI=1S/C14H7ClF5N3O2S/c15-12-2-1-6-11(5-21-13(6)22-12)26(24,25)23-10-4-8(16)7(3-9(10)17)14(18,19)20/h1-5,23H,(H,21,22). The molecule has 5 nitrogen and oxygen atoms in total. The normalized spacial score (nSPS) is 12.5. The van der Waals surface area contributed by atoms with E-state index in [0.717, 1.165) is 6.20 Å². The first-order chi connectivity index (χ1) is 12.0. The zero-order chi connectivity index (χ0) is 19.3. The molecule has 0 aliphatic rings. The summed E-state index contributed by atoms with van der Waals surface area (Å²) < 4.78 is 91.7. The highest BCUT2D eigenvalue weighted by atomic mass is 35.5. The van der Waals surface area contributed by atoms with Crippen molar-refractivity contribution in [3.63, 3.8) is 0 Å². The van der Waals surface area contributed by atoms with Gasteiger partial charge in [0.05, 0.1) is 11.3 Å². The van der Waals surface area contributed by atoms with E-state index in [4.69, 9.17) is 11.6 Å². The summed E-state index contributed by atoms with van der Waals surface area (Å²) in [7, 11) is -4.45. The van der Waals surface area contributed by atoms with E-state index in [1.54, 1.807) is 4.72 Å². The predicted molar refractivity (Wildman–Crippen MR) is 83.3 cm³/mol. The number of benzene rings is 1. The van der Waals surface area contributed by atoms with E-state index >= 15 is 0 Å². The quantitative estimate of drug-likeness (QED) is 0.498. The van der Waals surface area contributed by atoms with Crippen LogP contribution in [0, 0.1) is 11.6 Å². The summed E-state index contributed by atoms with van der Waals surface area (Å²) in [5, 5.41) is 0.196. The predicted octanol–water partition coefficient (Wildman–Crippen LogP) is 4.31. The number of nitrogens with zero attached hydrogens (tertiary/aromatic N) is 1. The maximum Gasteiger partial charge on any atom is 0.419 e. The van der Waals surface area contributed by atoms with Crippen molar-refractivity contribution in [2.24, 2.45) is 0 Å². The van der Waals surface area contributed by atoms with E-state index in [2.05, 4.69) is 9.97 Å². The molecule has 1 aromatic carbocycles. The van der Waals surface area contributed by atoms with Crippen LogP contribution in [0.25, 0.3) is 11.0 Å². The number of H-pyrrole nitrogens is 1. The number of hydrogen-bond acceptors (Lipinski definition) is 3. The Bertz CT molecular complexity index is 1110. The number of rotatable bonds is 3. The number of fused-ring (bicyclic) bond motifs is 1. The number of sulfonamides is 1. The van der Waals surface area contributed by atoms with Crippen LogP contribution in [-0.4, -0.2) is 18.4 Å². The maximum atomic E-state index is 13.9. The highest BCUT2D eigenvalue weighted by Gasteiger charge is 2.35. The second-order valence-corrected chi connectivity index (χ2v) is 7.14. The molecule has 0 bridgehead atoms. The monoisotopic (exact) mass is 411 g/mol. The molecule has 2 aromatic heterocycles. The number of aromatic amines is 1. The van der Waals surface area contributed by atoms with Crippen molar-refractivity contribution < 1.29 is 30.4 Å². The average molecular weight is 412 g/mol. The van der Waals surface area contributed by atoms with Crippen LogP contribution in [0.15, 0.2) is 35.4 Å². The molecule has 2 N–H and O–H groups in total. The lowest BCUT2D eigenvalue weighted by Crippen LogP contribution is -2.15. The number of halogens is 6. The Kier molecular flexibility index (Phi) is 4.31. The van der Waals surface area contributed by atoms with Gasteiger partial charge in [0.15, 0.2) is 0 Å². The van der Waals surface area contributed by atoms with Crippen LogP contribution >= 0.6 is 11.6 Å². The smallest absolute Gasteiger partial charge is 0.345 e. The molecule has 0 saturated carbocycles. The first-order valence-electron chi connectivity index (χ1n) is 6.72. The van der Waals surface area contributed by atoms with Crippen LogP contribution < -0.4 is 4.72 Å². The third-order valence-corrected chi connectivity index (χ3v) is 4.98. The molecule has 138 valence electrons. The molecule has 3 aromatic rings. The number of anilines is 1. The van der Waals surface area contributed by atoms with Gasteiger partial charge >= 0.3 is 6.18 Å². The van der Waals surface area contributed by atoms with Crippen molar-refractivity contribution >= 4 is 38.3 Å². The van der Waals surface area contributed by atoms with Crippen molar-refractivity contribution in [1.82, 2.24) is 9.97 Å². The zero-order valence-electron chi connectivity index (χ0n) is 12.3. The van der Waals surface area contributed by atoms with Crippen LogP contribution in [-0.2, 0) is 16.2 Å². The summed E-state index contributed by atoms with van der Waals surface area (Å²) in [4.78, 5) is 6.03. The van der Waals surface area contributed by atoms with Gasteiger partial charge in [0.2, 0.25) is 0 Å². The molecule has 0 fully saturated rings. The average Bonchev–Trinajstić information content (AvgIpc) is 2.93. The van der Waals surface area contributed by atoms with Crippen LogP contribution in [0.3, 0.4) is 0 Å². The highest BCUT2D eigenvalue weighted by Crippen LogP contribution is 2.34. The van der Waals surface area contributed by atoms with Crippen LogP contribution in [0.1, 0.15) is 5.56 Å². The fourth-order valence-corrected chi connectivity index (χ4v) is 3.59. The lowest BCUT2D eigenvalue weighted by molar-refractivity contribution is -0.140. The minimum atomic E-state index is -5.12. The number of alkyl halides is 3. The van der Waals surface area contributed by atoms with Crippen molar-refractivity contribution in [2.75, 3.05) is 4.72 Å². The molecule has 0 radical (unpaired) electrons. The minimum Gasteiger partial charge on any atom is -0.345 e. The van der Waals surface area contributed by atoms with Gasteiger partial charge < -0.3 is 4.98 Å². The SMILES string of the molecule is O=S(=O)(Nc1cc(F)c(C(F)(F)F)cc1F)c1c[nH]c2nc(Cl)ccc12. The summed E-state index contributed by atoms with van der Waals surface area (Å²) in [6, 6.07) is 2.65.